The second kappa shape index (κ2) is 8.64. The third-order valence-electron chi connectivity index (χ3n) is 4.90. The van der Waals surface area contributed by atoms with E-state index in [9.17, 15) is 0 Å². The van der Waals surface area contributed by atoms with Crippen molar-refractivity contribution in [1.82, 2.24) is 10.3 Å². The van der Waals surface area contributed by atoms with Crippen molar-refractivity contribution >= 4 is 73.9 Å². The standard InChI is InChI=1S/C22H20Cl3N5/c23-13-3-6-20-16(9-13)17-10-15(29-14-4-5-18(24)19(25)11-14)8-12(21(17)30-20)2-1-7-28-22(26)27/h3-6,8-11,29-30H,1-2,7H2,(H4,26,27,28). The number of nitrogens with two attached hydrogens (primary N) is 1. The molecular weight excluding hydrogens is 441 g/mol. The second-order valence-electron chi connectivity index (χ2n) is 7.07. The Morgan fingerprint density at radius 2 is 1.77 bits per heavy atom. The molecule has 0 amide bonds. The van der Waals surface area contributed by atoms with Crippen LogP contribution in [0.5, 0.6) is 0 Å². The van der Waals surface area contributed by atoms with Crippen LogP contribution >= 0.6 is 34.8 Å². The van der Waals surface area contributed by atoms with Crippen molar-refractivity contribution in [3.05, 3.63) is 69.2 Å². The lowest BCUT2D eigenvalue weighted by molar-refractivity contribution is 0.769. The van der Waals surface area contributed by atoms with Gasteiger partial charge in [-0.15, -0.1) is 0 Å². The fourth-order valence-electron chi connectivity index (χ4n) is 3.56. The molecule has 154 valence electrons. The molecule has 0 atom stereocenters. The molecule has 0 saturated carbocycles. The molecule has 6 N–H and O–H groups in total. The van der Waals surface area contributed by atoms with E-state index >= 15 is 0 Å². The number of hydrogen-bond donors (Lipinski definition) is 5. The molecule has 0 radical (unpaired) electrons. The topological polar surface area (TPSA) is 89.7 Å². The van der Waals surface area contributed by atoms with Crippen molar-refractivity contribution in [1.29, 1.82) is 5.41 Å². The predicted octanol–water partition coefficient (Wildman–Crippen LogP) is 6.44. The molecule has 3 aromatic carbocycles. The van der Waals surface area contributed by atoms with Crippen LogP contribution < -0.4 is 16.4 Å². The second-order valence-corrected chi connectivity index (χ2v) is 8.32. The van der Waals surface area contributed by atoms with Gasteiger partial charge in [0.2, 0.25) is 0 Å². The Labute approximate surface area is 189 Å². The third-order valence-corrected chi connectivity index (χ3v) is 5.87. The molecule has 1 heterocycles. The van der Waals surface area contributed by atoms with Crippen LogP contribution in [0.2, 0.25) is 15.1 Å². The highest BCUT2D eigenvalue weighted by Crippen LogP contribution is 2.34. The van der Waals surface area contributed by atoms with Crippen molar-refractivity contribution in [2.24, 2.45) is 5.73 Å². The molecule has 0 aliphatic heterocycles. The van der Waals surface area contributed by atoms with E-state index in [2.05, 4.69) is 27.8 Å². The Kier molecular flexibility index (Phi) is 5.95. The van der Waals surface area contributed by atoms with E-state index in [1.807, 2.05) is 24.3 Å². The molecule has 30 heavy (non-hydrogen) atoms. The summed E-state index contributed by atoms with van der Waals surface area (Å²) in [5.41, 5.74) is 10.4. The minimum Gasteiger partial charge on any atom is -0.370 e. The number of fused-ring (bicyclic) bond motifs is 3. The fraction of sp³-hybridized carbons (Fsp3) is 0.136. The minimum absolute atomic E-state index is 0.0181. The molecule has 1 aromatic heterocycles. The smallest absolute Gasteiger partial charge is 0.185 e. The van der Waals surface area contributed by atoms with E-state index in [4.69, 9.17) is 45.9 Å². The molecule has 0 saturated heterocycles. The average Bonchev–Trinajstić information content (AvgIpc) is 3.06. The van der Waals surface area contributed by atoms with Gasteiger partial charge in [0.1, 0.15) is 0 Å². The molecule has 0 spiro atoms. The van der Waals surface area contributed by atoms with Crippen LogP contribution in [-0.2, 0) is 6.42 Å². The summed E-state index contributed by atoms with van der Waals surface area (Å²) in [5.74, 6) is -0.0181. The number of aromatic amines is 1. The number of aryl methyl sites for hydroxylation is 1. The summed E-state index contributed by atoms with van der Waals surface area (Å²) in [4.78, 5) is 3.52. The van der Waals surface area contributed by atoms with E-state index in [1.54, 1.807) is 12.1 Å². The van der Waals surface area contributed by atoms with Crippen molar-refractivity contribution in [2.75, 3.05) is 11.9 Å². The average molecular weight is 461 g/mol. The molecule has 5 nitrogen and oxygen atoms in total. The van der Waals surface area contributed by atoms with E-state index in [-0.39, 0.29) is 5.96 Å². The molecule has 4 rings (SSSR count). The first-order valence-electron chi connectivity index (χ1n) is 9.44. The first-order valence-corrected chi connectivity index (χ1v) is 10.6. The van der Waals surface area contributed by atoms with Gasteiger partial charge >= 0.3 is 0 Å². The summed E-state index contributed by atoms with van der Waals surface area (Å²) in [6.07, 6.45) is 1.65. The van der Waals surface area contributed by atoms with Gasteiger partial charge in [-0.1, -0.05) is 34.8 Å². The Morgan fingerprint density at radius 1 is 0.933 bits per heavy atom. The maximum atomic E-state index is 7.31. The lowest BCUT2D eigenvalue weighted by Crippen LogP contribution is -2.31. The van der Waals surface area contributed by atoms with E-state index in [0.717, 1.165) is 51.6 Å². The summed E-state index contributed by atoms with van der Waals surface area (Å²) in [6, 6.07) is 15.5. The van der Waals surface area contributed by atoms with Crippen LogP contribution in [0.25, 0.3) is 21.8 Å². The summed E-state index contributed by atoms with van der Waals surface area (Å²) >= 11 is 18.5. The van der Waals surface area contributed by atoms with Crippen molar-refractivity contribution in [3.8, 4) is 0 Å². The van der Waals surface area contributed by atoms with E-state index < -0.39 is 0 Å². The highest BCUT2D eigenvalue weighted by molar-refractivity contribution is 6.42. The van der Waals surface area contributed by atoms with E-state index in [0.29, 0.717) is 21.6 Å². The molecule has 0 aliphatic rings. The van der Waals surface area contributed by atoms with Gasteiger partial charge in [-0.25, -0.2) is 0 Å². The van der Waals surface area contributed by atoms with Crippen LogP contribution in [-0.4, -0.2) is 17.5 Å². The zero-order valence-corrected chi connectivity index (χ0v) is 18.2. The maximum Gasteiger partial charge on any atom is 0.185 e. The summed E-state index contributed by atoms with van der Waals surface area (Å²) in [7, 11) is 0. The third kappa shape index (κ3) is 4.43. The number of H-pyrrole nitrogens is 1. The fourth-order valence-corrected chi connectivity index (χ4v) is 4.03. The minimum atomic E-state index is -0.0181. The Balaban J connectivity index is 1.75. The molecule has 0 aliphatic carbocycles. The van der Waals surface area contributed by atoms with Gasteiger partial charge in [-0.05, 0) is 66.9 Å². The van der Waals surface area contributed by atoms with Gasteiger partial charge < -0.3 is 21.4 Å². The van der Waals surface area contributed by atoms with Crippen molar-refractivity contribution < 1.29 is 0 Å². The molecule has 0 fully saturated rings. The van der Waals surface area contributed by atoms with Crippen LogP contribution in [0.1, 0.15) is 12.0 Å². The molecule has 8 heteroatoms. The highest BCUT2D eigenvalue weighted by Gasteiger charge is 2.12. The van der Waals surface area contributed by atoms with Crippen LogP contribution in [0, 0.1) is 5.41 Å². The van der Waals surface area contributed by atoms with Gasteiger partial charge in [0.05, 0.1) is 10.0 Å². The lowest BCUT2D eigenvalue weighted by atomic mass is 10.0. The monoisotopic (exact) mass is 459 g/mol. The zero-order valence-electron chi connectivity index (χ0n) is 16.0. The number of benzene rings is 3. The van der Waals surface area contributed by atoms with Gasteiger partial charge in [-0.2, -0.15) is 0 Å². The number of guanidine groups is 1. The zero-order chi connectivity index (χ0) is 21.3. The lowest BCUT2D eigenvalue weighted by Gasteiger charge is -2.12. The van der Waals surface area contributed by atoms with E-state index in [1.165, 1.54) is 0 Å². The van der Waals surface area contributed by atoms with Crippen molar-refractivity contribution in [3.63, 3.8) is 0 Å². The number of aromatic nitrogens is 1. The quantitative estimate of drug-likeness (QED) is 0.130. The summed E-state index contributed by atoms with van der Waals surface area (Å²) in [5, 5.41) is 17.5. The Bertz CT molecular complexity index is 1250. The van der Waals surface area contributed by atoms with Crippen LogP contribution in [0.3, 0.4) is 0 Å². The number of nitrogens with one attached hydrogen (secondary N) is 4. The molecule has 0 bridgehead atoms. The van der Waals surface area contributed by atoms with Crippen molar-refractivity contribution in [2.45, 2.75) is 12.8 Å². The van der Waals surface area contributed by atoms with Crippen LogP contribution in [0.15, 0.2) is 48.5 Å². The van der Waals surface area contributed by atoms with Gasteiger partial charge in [0.25, 0.3) is 0 Å². The van der Waals surface area contributed by atoms with Gasteiger partial charge in [0, 0.05) is 44.7 Å². The molecule has 4 aromatic rings. The summed E-state index contributed by atoms with van der Waals surface area (Å²) in [6.45, 7) is 0.632. The largest absolute Gasteiger partial charge is 0.370 e. The number of hydrogen-bond acceptors (Lipinski definition) is 2. The van der Waals surface area contributed by atoms with Crippen LogP contribution in [0.4, 0.5) is 11.4 Å². The number of anilines is 2. The number of rotatable bonds is 6. The predicted molar refractivity (Wildman–Crippen MR) is 129 cm³/mol. The summed E-state index contributed by atoms with van der Waals surface area (Å²) < 4.78 is 0. The first-order chi connectivity index (χ1) is 14.4. The SMILES string of the molecule is N=C(N)NCCCc1cc(Nc2ccc(Cl)c(Cl)c2)cc2c1[nH]c1ccc(Cl)cc12. The maximum absolute atomic E-state index is 7.31. The van der Waals surface area contributed by atoms with Gasteiger partial charge in [-0.3, -0.25) is 5.41 Å². The highest BCUT2D eigenvalue weighted by atomic mass is 35.5. The number of halogens is 3. The normalized spacial score (nSPS) is 11.2. The Hall–Kier alpha value is -2.60. The first kappa shape index (κ1) is 20.7. The Morgan fingerprint density at radius 3 is 2.53 bits per heavy atom. The van der Waals surface area contributed by atoms with Gasteiger partial charge in [0.15, 0.2) is 5.96 Å². The molecule has 0 unspecified atom stereocenters. The molecular formula is C22H20Cl3N5.